The maximum absolute atomic E-state index is 8.73. The number of nitriles is 1. The van der Waals surface area contributed by atoms with E-state index in [2.05, 4.69) is 37.0 Å². The van der Waals surface area contributed by atoms with Crippen LogP contribution in [0.15, 0.2) is 35.7 Å². The van der Waals surface area contributed by atoms with Crippen LogP contribution in [0.2, 0.25) is 0 Å². The summed E-state index contributed by atoms with van der Waals surface area (Å²) in [6, 6.07) is 4.17. The monoisotopic (exact) mass is 304 g/mol. The summed E-state index contributed by atoms with van der Waals surface area (Å²) < 4.78 is 0. The maximum atomic E-state index is 8.73. The number of pyridine rings is 2. The Morgan fingerprint density at radius 3 is 3.22 bits per heavy atom. The van der Waals surface area contributed by atoms with Gasteiger partial charge in [-0.15, -0.1) is 0 Å². The van der Waals surface area contributed by atoms with E-state index >= 15 is 0 Å². The van der Waals surface area contributed by atoms with Crippen molar-refractivity contribution in [3.63, 3.8) is 0 Å². The summed E-state index contributed by atoms with van der Waals surface area (Å²) in [5.74, 6) is 1.20. The second-order valence-corrected chi connectivity index (χ2v) is 5.85. The molecule has 0 bridgehead atoms. The first kappa shape index (κ1) is 13.7. The van der Waals surface area contributed by atoms with Crippen molar-refractivity contribution in [3.05, 3.63) is 36.3 Å². The van der Waals surface area contributed by atoms with Crippen molar-refractivity contribution in [2.45, 2.75) is 19.3 Å². The van der Waals surface area contributed by atoms with Crippen molar-refractivity contribution in [1.29, 1.82) is 5.26 Å². The van der Waals surface area contributed by atoms with Crippen molar-refractivity contribution < 1.29 is 0 Å². The zero-order valence-corrected chi connectivity index (χ0v) is 12.8. The molecule has 23 heavy (non-hydrogen) atoms. The molecule has 4 rings (SSSR count). The highest BCUT2D eigenvalue weighted by Crippen LogP contribution is 2.34. The van der Waals surface area contributed by atoms with Gasteiger partial charge in [0.05, 0.1) is 11.7 Å². The highest BCUT2D eigenvalue weighted by Gasteiger charge is 2.26. The number of rotatable bonds is 1. The van der Waals surface area contributed by atoms with Crippen LogP contribution in [0.5, 0.6) is 0 Å². The first-order chi connectivity index (χ1) is 11.3. The molecule has 0 radical (unpaired) electrons. The zero-order valence-electron chi connectivity index (χ0n) is 12.8. The topological polar surface area (TPSA) is 81.0 Å². The van der Waals surface area contributed by atoms with Gasteiger partial charge in [0, 0.05) is 42.2 Å². The number of nitrogens with one attached hydrogen (secondary N) is 1. The molecule has 6 heteroatoms. The van der Waals surface area contributed by atoms with Crippen LogP contribution in [0.1, 0.15) is 24.8 Å². The number of hydrogen-bond acceptors (Lipinski definition) is 4. The molecule has 1 atom stereocenters. The summed E-state index contributed by atoms with van der Waals surface area (Å²) in [4.78, 5) is 18.1. The Morgan fingerprint density at radius 2 is 2.35 bits per heavy atom. The van der Waals surface area contributed by atoms with Crippen molar-refractivity contribution in [2.24, 2.45) is 4.99 Å². The molecule has 1 fully saturated rings. The third kappa shape index (κ3) is 2.21. The van der Waals surface area contributed by atoms with E-state index in [9.17, 15) is 0 Å². The summed E-state index contributed by atoms with van der Waals surface area (Å²) in [5, 5.41) is 11.0. The highest BCUT2D eigenvalue weighted by molar-refractivity contribution is 6.05. The minimum absolute atomic E-state index is 0.407. The lowest BCUT2D eigenvalue weighted by atomic mass is 9.94. The molecule has 0 amide bonds. The van der Waals surface area contributed by atoms with Crippen LogP contribution >= 0.6 is 0 Å². The molecule has 3 aromatic rings. The number of aliphatic imine (C=N–C) groups is 1. The Hall–Kier alpha value is -2.94. The van der Waals surface area contributed by atoms with E-state index in [4.69, 9.17) is 5.26 Å². The van der Waals surface area contributed by atoms with Crippen molar-refractivity contribution in [2.75, 3.05) is 13.1 Å². The molecule has 0 spiro atoms. The zero-order chi connectivity index (χ0) is 15.8. The van der Waals surface area contributed by atoms with Gasteiger partial charge in [0.2, 0.25) is 6.19 Å². The van der Waals surface area contributed by atoms with Gasteiger partial charge in [0.25, 0.3) is 0 Å². The number of hydrogen-bond donors (Lipinski definition) is 1. The van der Waals surface area contributed by atoms with Crippen molar-refractivity contribution >= 4 is 27.8 Å². The fraction of sp³-hybridized carbons (Fsp3) is 0.294. The minimum Gasteiger partial charge on any atom is -0.359 e. The molecule has 1 aliphatic rings. The fourth-order valence-corrected chi connectivity index (χ4v) is 3.47. The molecule has 6 nitrogen and oxygen atoms in total. The summed E-state index contributed by atoms with van der Waals surface area (Å²) in [6.07, 6.45) is 8.52. The van der Waals surface area contributed by atoms with Gasteiger partial charge in [-0.2, -0.15) is 10.3 Å². The normalized spacial score (nSPS) is 18.7. The van der Waals surface area contributed by atoms with E-state index in [-0.39, 0.29) is 0 Å². The first-order valence-corrected chi connectivity index (χ1v) is 7.67. The van der Waals surface area contributed by atoms with Crippen molar-refractivity contribution in [3.8, 4) is 6.19 Å². The molecule has 1 unspecified atom stereocenters. The number of fused-ring (bicyclic) bond motifs is 3. The van der Waals surface area contributed by atoms with Crippen LogP contribution in [0.25, 0.3) is 21.9 Å². The molecule has 0 aromatic carbocycles. The Balaban J connectivity index is 1.79. The van der Waals surface area contributed by atoms with E-state index < -0.39 is 0 Å². The minimum atomic E-state index is 0.407. The third-order valence-electron chi connectivity index (χ3n) is 4.62. The number of nitrogens with zero attached hydrogens (tertiary/aromatic N) is 5. The lowest BCUT2D eigenvalue weighted by Crippen LogP contribution is -2.25. The number of aromatic nitrogens is 3. The highest BCUT2D eigenvalue weighted by atomic mass is 15.2. The SMILES string of the molecule is C/C(=N\C#N)N1CCC(c2ccnc3cnc4[nH]ccc4c23)C1. The predicted molar refractivity (Wildman–Crippen MR) is 89.0 cm³/mol. The molecule has 1 saturated heterocycles. The third-order valence-corrected chi connectivity index (χ3v) is 4.62. The van der Waals surface area contributed by atoms with E-state index in [1.54, 1.807) is 0 Å². The first-order valence-electron chi connectivity index (χ1n) is 7.67. The Labute approximate surface area is 133 Å². The summed E-state index contributed by atoms with van der Waals surface area (Å²) >= 11 is 0. The number of likely N-dealkylation sites (tertiary alicyclic amines) is 1. The van der Waals surface area contributed by atoms with Gasteiger partial charge >= 0.3 is 0 Å². The van der Waals surface area contributed by atoms with Crippen LogP contribution in [-0.4, -0.2) is 38.8 Å². The largest absolute Gasteiger partial charge is 0.359 e. The van der Waals surface area contributed by atoms with Crippen molar-refractivity contribution in [1.82, 2.24) is 19.9 Å². The average molecular weight is 304 g/mol. The van der Waals surface area contributed by atoms with Gasteiger partial charge in [-0.05, 0) is 31.0 Å². The Kier molecular flexibility index (Phi) is 3.19. The van der Waals surface area contributed by atoms with Crippen LogP contribution in [0, 0.1) is 11.5 Å². The second-order valence-electron chi connectivity index (χ2n) is 5.85. The molecule has 0 aliphatic carbocycles. The Morgan fingerprint density at radius 1 is 1.43 bits per heavy atom. The van der Waals surface area contributed by atoms with E-state index in [0.29, 0.717) is 5.92 Å². The Bertz CT molecular complexity index is 949. The lowest BCUT2D eigenvalue weighted by molar-refractivity contribution is 0.508. The molecule has 4 heterocycles. The van der Waals surface area contributed by atoms with Crippen LogP contribution in [0.3, 0.4) is 0 Å². The van der Waals surface area contributed by atoms with Gasteiger partial charge in [0.15, 0.2) is 0 Å². The van der Waals surface area contributed by atoms with Gasteiger partial charge in [-0.25, -0.2) is 4.98 Å². The molecule has 3 aromatic heterocycles. The predicted octanol–water partition coefficient (Wildman–Crippen LogP) is 2.80. The summed E-state index contributed by atoms with van der Waals surface area (Å²) in [5.41, 5.74) is 3.12. The number of H-pyrrole nitrogens is 1. The standard InChI is InChI=1S/C17H16N6/c1-11(22-10-18)23-7-4-12(9-23)13-2-5-19-15-8-21-17-14(16(13)15)3-6-20-17/h2-3,5-6,8,12H,4,7,9H2,1H3,(H,20,21)/b22-11+. The number of aromatic amines is 1. The van der Waals surface area contributed by atoms with Crippen LogP contribution in [0.4, 0.5) is 0 Å². The lowest BCUT2D eigenvalue weighted by Gasteiger charge is -2.17. The summed E-state index contributed by atoms with van der Waals surface area (Å²) in [7, 11) is 0. The number of amidine groups is 1. The fourth-order valence-electron chi connectivity index (χ4n) is 3.47. The van der Waals surface area contributed by atoms with Crippen LogP contribution < -0.4 is 0 Å². The van der Waals surface area contributed by atoms with E-state index in [1.807, 2.05) is 31.7 Å². The average Bonchev–Trinajstić information content (AvgIpc) is 3.23. The maximum Gasteiger partial charge on any atom is 0.207 e. The van der Waals surface area contributed by atoms with Crippen LogP contribution in [-0.2, 0) is 0 Å². The van der Waals surface area contributed by atoms with E-state index in [1.165, 1.54) is 10.9 Å². The molecule has 114 valence electrons. The molecule has 1 N–H and O–H groups in total. The van der Waals surface area contributed by atoms with Gasteiger partial charge in [-0.1, -0.05) is 0 Å². The quantitative estimate of drug-likeness (QED) is 0.426. The second kappa shape index (κ2) is 5.36. The van der Waals surface area contributed by atoms with E-state index in [0.717, 1.165) is 41.9 Å². The molecule has 1 aliphatic heterocycles. The molecular weight excluding hydrogens is 288 g/mol. The van der Waals surface area contributed by atoms with Gasteiger partial charge in [0.1, 0.15) is 11.5 Å². The molecular formula is C17H16N6. The summed E-state index contributed by atoms with van der Waals surface area (Å²) in [6.45, 7) is 3.70. The smallest absolute Gasteiger partial charge is 0.207 e. The van der Waals surface area contributed by atoms with Gasteiger partial charge in [-0.3, -0.25) is 4.98 Å². The van der Waals surface area contributed by atoms with Gasteiger partial charge < -0.3 is 9.88 Å². The molecule has 0 saturated carbocycles.